The van der Waals surface area contributed by atoms with Crippen molar-refractivity contribution in [1.82, 2.24) is 19.9 Å². The predicted molar refractivity (Wildman–Crippen MR) is 229 cm³/mol. The minimum absolute atomic E-state index is 0.402. The van der Waals surface area contributed by atoms with Gasteiger partial charge in [-0.1, -0.05) is 91.0 Å². The van der Waals surface area contributed by atoms with E-state index in [9.17, 15) is 9.59 Å². The van der Waals surface area contributed by atoms with Gasteiger partial charge in [-0.25, -0.2) is 29.5 Å². The first kappa shape index (κ1) is 36.9. The van der Waals surface area contributed by atoms with Crippen LogP contribution >= 0.6 is 22.7 Å². The maximum absolute atomic E-state index is 13.8. The van der Waals surface area contributed by atoms with Crippen molar-refractivity contribution in [3.05, 3.63) is 156 Å². The summed E-state index contributed by atoms with van der Waals surface area (Å²) >= 11 is 2.80. The average molecular weight is 787 g/mol. The summed E-state index contributed by atoms with van der Waals surface area (Å²) in [5.74, 6) is 0.594. The molecule has 0 aliphatic rings. The van der Waals surface area contributed by atoms with Crippen LogP contribution in [-0.2, 0) is 0 Å². The number of amides is 4. The zero-order chi connectivity index (χ0) is 39.3. The molecule has 0 unspecified atom stereocenters. The molecule has 0 aliphatic carbocycles. The third kappa shape index (κ3) is 8.15. The topological polar surface area (TPSA) is 138 Å². The fraction of sp³-hybridized carbons (Fsp3) is 0.0682. The van der Waals surface area contributed by atoms with E-state index in [0.29, 0.717) is 44.3 Å². The lowest BCUT2D eigenvalue weighted by molar-refractivity contribution is -0.582. The number of nitrogens with zero attached hydrogens (tertiary/aromatic N) is 5. The number of benzene rings is 4. The van der Waals surface area contributed by atoms with E-state index in [-0.39, 0.29) is 0 Å². The second-order valence-corrected chi connectivity index (χ2v) is 15.3. The number of nitrogens with one attached hydrogen (secondary N) is 4. The fourth-order valence-corrected chi connectivity index (χ4v) is 8.14. The van der Waals surface area contributed by atoms with Gasteiger partial charge in [0, 0.05) is 28.8 Å². The Bertz CT molecular complexity index is 2720. The Hall–Kier alpha value is -7.09. The monoisotopic (exact) mass is 786 g/mol. The molecule has 0 aliphatic heterocycles. The zero-order valence-electron chi connectivity index (χ0n) is 31.1. The van der Waals surface area contributed by atoms with Gasteiger partial charge in [0.05, 0.1) is 33.2 Å². The van der Waals surface area contributed by atoms with Gasteiger partial charge in [0.25, 0.3) is 0 Å². The third-order valence-electron chi connectivity index (χ3n) is 8.88. The molecule has 0 fully saturated rings. The summed E-state index contributed by atoms with van der Waals surface area (Å²) in [4.78, 5) is 46.0. The van der Waals surface area contributed by atoms with Gasteiger partial charge in [0.15, 0.2) is 6.20 Å². The smallest absolute Gasteiger partial charge is 0.304 e. The first-order chi connectivity index (χ1) is 27.8. The van der Waals surface area contributed by atoms with Crippen molar-refractivity contribution in [3.8, 4) is 50.7 Å². The van der Waals surface area contributed by atoms with E-state index in [1.54, 1.807) is 6.20 Å². The number of urea groups is 2. The highest BCUT2D eigenvalue weighted by Gasteiger charge is 2.27. The standard InChI is InChI=1S/C44H35N9O2S2/c1-27-45-26-35(37(46-27)30-16-7-4-8-17-30)50-44(55)52-42-39(48-29(3)57-42)33-22-13-14-24-36(33)53-25-15-23-34(40(53)32-20-11-6-12-21-32)49-43(54)51-41-38(47-28(2)56-41)31-18-9-5-10-19-31/h4-26H,1-3H3,(H3-,49,50,51,52,54,55)/p+1. The highest BCUT2D eigenvalue weighted by molar-refractivity contribution is 7.16. The molecule has 4 aromatic heterocycles. The quantitative estimate of drug-likeness (QED) is 0.108. The minimum Gasteiger partial charge on any atom is -0.304 e. The van der Waals surface area contributed by atoms with E-state index < -0.39 is 12.1 Å². The third-order valence-corrected chi connectivity index (χ3v) is 10.7. The van der Waals surface area contributed by atoms with Crippen LogP contribution in [0.1, 0.15) is 15.8 Å². The first-order valence-corrected chi connectivity index (χ1v) is 19.7. The molecule has 4 N–H and O–H groups in total. The molecule has 11 nitrogen and oxygen atoms in total. The summed E-state index contributed by atoms with van der Waals surface area (Å²) in [5, 5.41) is 15.0. The summed E-state index contributed by atoms with van der Waals surface area (Å²) in [6, 6.07) is 40.1. The van der Waals surface area contributed by atoms with Gasteiger partial charge in [-0.3, -0.25) is 10.6 Å². The average Bonchev–Trinajstić information content (AvgIpc) is 3.79. The van der Waals surface area contributed by atoms with E-state index in [1.807, 2.05) is 159 Å². The number of carbonyl (C=O) groups is 2. The molecule has 0 saturated heterocycles. The van der Waals surface area contributed by atoms with Crippen molar-refractivity contribution < 1.29 is 14.2 Å². The van der Waals surface area contributed by atoms with E-state index in [2.05, 4.69) is 31.2 Å². The molecular weight excluding hydrogens is 751 g/mol. The Morgan fingerprint density at radius 1 is 0.526 bits per heavy atom. The van der Waals surface area contributed by atoms with Gasteiger partial charge in [0.1, 0.15) is 32.9 Å². The van der Waals surface area contributed by atoms with E-state index in [0.717, 1.165) is 43.7 Å². The summed E-state index contributed by atoms with van der Waals surface area (Å²) in [5.41, 5.74) is 7.96. The Kier molecular flexibility index (Phi) is 10.6. The lowest BCUT2D eigenvalue weighted by Gasteiger charge is -2.14. The van der Waals surface area contributed by atoms with Gasteiger partial charge in [0.2, 0.25) is 11.4 Å². The molecule has 13 heteroatoms. The van der Waals surface area contributed by atoms with E-state index in [1.165, 1.54) is 22.7 Å². The van der Waals surface area contributed by atoms with Crippen LogP contribution in [0.4, 0.5) is 31.0 Å². The van der Waals surface area contributed by atoms with Crippen LogP contribution in [0.25, 0.3) is 50.7 Å². The Morgan fingerprint density at radius 3 is 1.70 bits per heavy atom. The van der Waals surface area contributed by atoms with Crippen LogP contribution in [0, 0.1) is 20.8 Å². The number of aromatic nitrogens is 5. The molecule has 0 saturated carbocycles. The molecule has 8 rings (SSSR count). The van der Waals surface area contributed by atoms with Gasteiger partial charge in [-0.05, 0) is 45.0 Å². The highest BCUT2D eigenvalue weighted by Crippen LogP contribution is 2.37. The van der Waals surface area contributed by atoms with Crippen LogP contribution < -0.4 is 25.8 Å². The SMILES string of the molecule is Cc1ncc(NC(=O)Nc2sc(C)nc2-c2ccccc2-[n+]2cccc(NC(=O)Nc3sc(C)nc3-c3ccccc3)c2-c2ccccc2)c(-c2ccccc2)n1. The molecule has 4 heterocycles. The number of aryl methyl sites for hydroxylation is 3. The lowest BCUT2D eigenvalue weighted by atomic mass is 10.1. The molecule has 280 valence electrons. The molecular formula is C44H36N9O2S2+. The van der Waals surface area contributed by atoms with Crippen molar-refractivity contribution in [3.63, 3.8) is 0 Å². The second-order valence-electron chi connectivity index (χ2n) is 12.9. The Morgan fingerprint density at radius 2 is 1.05 bits per heavy atom. The molecule has 0 atom stereocenters. The van der Waals surface area contributed by atoms with Crippen LogP contribution in [0.2, 0.25) is 0 Å². The van der Waals surface area contributed by atoms with E-state index >= 15 is 0 Å². The van der Waals surface area contributed by atoms with Gasteiger partial charge >= 0.3 is 12.1 Å². The van der Waals surface area contributed by atoms with Crippen LogP contribution in [0.15, 0.2) is 140 Å². The molecule has 4 aromatic carbocycles. The Labute approximate surface area is 337 Å². The zero-order valence-corrected chi connectivity index (χ0v) is 32.8. The van der Waals surface area contributed by atoms with Crippen LogP contribution in [0.5, 0.6) is 0 Å². The van der Waals surface area contributed by atoms with Crippen LogP contribution in [-0.4, -0.2) is 32.0 Å². The van der Waals surface area contributed by atoms with Crippen molar-refractivity contribution >= 4 is 56.1 Å². The molecule has 4 amide bonds. The number of carbonyl (C=O) groups excluding carboxylic acids is 2. The molecule has 0 bridgehead atoms. The number of hydrogen-bond acceptors (Lipinski definition) is 8. The van der Waals surface area contributed by atoms with Gasteiger partial charge in [-0.15, -0.1) is 22.7 Å². The number of thiazole rings is 2. The summed E-state index contributed by atoms with van der Waals surface area (Å²) in [7, 11) is 0. The summed E-state index contributed by atoms with van der Waals surface area (Å²) in [6.45, 7) is 5.64. The highest BCUT2D eigenvalue weighted by atomic mass is 32.1. The maximum atomic E-state index is 13.8. The van der Waals surface area contributed by atoms with Gasteiger partial charge < -0.3 is 10.6 Å². The number of rotatable bonds is 9. The minimum atomic E-state index is -0.455. The largest absolute Gasteiger partial charge is 0.324 e. The summed E-state index contributed by atoms with van der Waals surface area (Å²) < 4.78 is 2.03. The summed E-state index contributed by atoms with van der Waals surface area (Å²) in [6.07, 6.45) is 3.56. The number of pyridine rings is 1. The van der Waals surface area contributed by atoms with Crippen molar-refractivity contribution in [2.45, 2.75) is 20.8 Å². The number of hydrogen-bond donors (Lipinski definition) is 4. The normalized spacial score (nSPS) is 10.9. The predicted octanol–water partition coefficient (Wildman–Crippen LogP) is 10.5. The lowest BCUT2D eigenvalue weighted by Crippen LogP contribution is -2.35. The Balaban J connectivity index is 1.13. The molecule has 8 aromatic rings. The van der Waals surface area contributed by atoms with Gasteiger partial charge in [-0.2, -0.15) is 4.57 Å². The second kappa shape index (κ2) is 16.3. The van der Waals surface area contributed by atoms with Crippen molar-refractivity contribution in [2.24, 2.45) is 0 Å². The van der Waals surface area contributed by atoms with Crippen molar-refractivity contribution in [1.29, 1.82) is 0 Å². The molecule has 57 heavy (non-hydrogen) atoms. The maximum Gasteiger partial charge on any atom is 0.324 e. The molecule has 0 radical (unpaired) electrons. The fourth-order valence-electron chi connectivity index (χ4n) is 6.47. The number of anilines is 4. The molecule has 0 spiro atoms. The van der Waals surface area contributed by atoms with Crippen molar-refractivity contribution in [2.75, 3.05) is 21.3 Å². The van der Waals surface area contributed by atoms with E-state index in [4.69, 9.17) is 9.97 Å². The van der Waals surface area contributed by atoms with Crippen LogP contribution in [0.3, 0.4) is 0 Å². The number of para-hydroxylation sites is 1. The first-order valence-electron chi connectivity index (χ1n) is 18.1.